The number of likely N-dealkylation sites (tertiary alicyclic amines) is 1. The first-order valence-electron chi connectivity index (χ1n) is 7.33. The van der Waals surface area contributed by atoms with Crippen LogP contribution in [0.1, 0.15) is 31.0 Å². The first-order valence-corrected chi connectivity index (χ1v) is 7.33. The van der Waals surface area contributed by atoms with Gasteiger partial charge in [0.2, 0.25) is 5.91 Å². The molecule has 1 N–H and O–H groups in total. The lowest BCUT2D eigenvalue weighted by molar-refractivity contribution is -0.137. The van der Waals surface area contributed by atoms with Crippen LogP contribution in [-0.4, -0.2) is 57.6 Å². The summed E-state index contributed by atoms with van der Waals surface area (Å²) in [7, 11) is 0. The van der Waals surface area contributed by atoms with Gasteiger partial charge in [0.15, 0.2) is 0 Å². The molecule has 2 aliphatic heterocycles. The topological polar surface area (TPSA) is 72.3 Å². The number of aromatic nitrogens is 3. The van der Waals surface area contributed by atoms with Gasteiger partial charge in [0.1, 0.15) is 0 Å². The number of nitrogens with one attached hydrogen (secondary N) is 1. The summed E-state index contributed by atoms with van der Waals surface area (Å²) in [5, 5.41) is 11.4. The molecule has 0 unspecified atom stereocenters. The van der Waals surface area contributed by atoms with Gasteiger partial charge in [-0.15, -0.1) is 5.10 Å². The molecule has 4 rings (SSSR count). The lowest BCUT2D eigenvalue weighted by Crippen LogP contribution is -2.51. The molecule has 2 atom stereocenters. The van der Waals surface area contributed by atoms with Gasteiger partial charge in [-0.1, -0.05) is 5.21 Å². The van der Waals surface area contributed by atoms with Crippen molar-refractivity contribution in [3.05, 3.63) is 11.9 Å². The molecule has 3 aliphatic rings. The van der Waals surface area contributed by atoms with E-state index in [1.165, 1.54) is 12.8 Å². The minimum absolute atomic E-state index is 0.111. The number of carbonyl (C=O) groups is 1. The summed E-state index contributed by atoms with van der Waals surface area (Å²) in [6, 6.07) is 0.677. The number of piperidine rings is 1. The third-order valence-electron chi connectivity index (χ3n) is 4.40. The van der Waals surface area contributed by atoms with Crippen LogP contribution < -0.4 is 5.32 Å². The van der Waals surface area contributed by atoms with Crippen molar-refractivity contribution in [3.63, 3.8) is 0 Å². The van der Waals surface area contributed by atoms with Gasteiger partial charge in [-0.2, -0.15) is 0 Å². The predicted octanol–water partition coefficient (Wildman–Crippen LogP) is -0.298. The lowest BCUT2D eigenvalue weighted by Gasteiger charge is -2.41. The SMILES string of the molecule is O=C(CNC1CC1)N1CC[C@H]2OCc3cnnn3[C@@H]2C1. The molecule has 3 heterocycles. The van der Waals surface area contributed by atoms with Gasteiger partial charge in [0.05, 0.1) is 37.2 Å². The maximum Gasteiger partial charge on any atom is 0.236 e. The maximum absolute atomic E-state index is 12.2. The summed E-state index contributed by atoms with van der Waals surface area (Å²) in [5.74, 6) is 0.183. The highest BCUT2D eigenvalue weighted by Crippen LogP contribution is 2.30. The zero-order valence-corrected chi connectivity index (χ0v) is 11.4. The normalized spacial score (nSPS) is 28.9. The molecule has 20 heavy (non-hydrogen) atoms. The second kappa shape index (κ2) is 4.82. The summed E-state index contributed by atoms with van der Waals surface area (Å²) in [5.41, 5.74) is 0.997. The maximum atomic E-state index is 12.2. The van der Waals surface area contributed by atoms with Crippen molar-refractivity contribution >= 4 is 5.91 Å². The average Bonchev–Trinajstić information content (AvgIpc) is 3.18. The van der Waals surface area contributed by atoms with E-state index >= 15 is 0 Å². The number of hydrogen-bond acceptors (Lipinski definition) is 5. The molecule has 0 aromatic carbocycles. The Bertz CT molecular complexity index is 513. The Morgan fingerprint density at radius 1 is 1.45 bits per heavy atom. The zero-order chi connectivity index (χ0) is 13.5. The molecular formula is C13H19N5O2. The summed E-state index contributed by atoms with van der Waals surface area (Å²) in [6.45, 7) is 2.47. The third kappa shape index (κ3) is 2.20. The molecule has 7 nitrogen and oxygen atoms in total. The van der Waals surface area contributed by atoms with E-state index in [0.29, 0.717) is 25.7 Å². The van der Waals surface area contributed by atoms with Crippen molar-refractivity contribution in [1.82, 2.24) is 25.2 Å². The average molecular weight is 277 g/mol. The number of nitrogens with zero attached hydrogens (tertiary/aromatic N) is 4. The standard InChI is InChI=1S/C13H19N5O2/c19-13(6-14-9-1-2-9)17-4-3-12-11(7-17)18-10(8-20-12)5-15-16-18/h5,9,11-12,14H,1-4,6-8H2/t11-,12-/m1/s1. The molecule has 1 saturated carbocycles. The Kier molecular flexibility index (Phi) is 2.96. The van der Waals surface area contributed by atoms with Gasteiger partial charge >= 0.3 is 0 Å². The van der Waals surface area contributed by atoms with Crippen molar-refractivity contribution in [2.45, 2.75) is 44.1 Å². The van der Waals surface area contributed by atoms with Gasteiger partial charge in [0, 0.05) is 19.1 Å². The summed E-state index contributed by atoms with van der Waals surface area (Å²) in [4.78, 5) is 14.2. The minimum Gasteiger partial charge on any atom is -0.370 e. The summed E-state index contributed by atoms with van der Waals surface area (Å²) < 4.78 is 7.78. The minimum atomic E-state index is 0.111. The molecule has 108 valence electrons. The first kappa shape index (κ1) is 12.3. The molecule has 7 heteroatoms. The van der Waals surface area contributed by atoms with Crippen LogP contribution in [0.2, 0.25) is 0 Å². The van der Waals surface area contributed by atoms with Gasteiger partial charge in [-0.05, 0) is 19.3 Å². The Balaban J connectivity index is 1.43. The number of fused-ring (bicyclic) bond motifs is 3. The largest absolute Gasteiger partial charge is 0.370 e. The zero-order valence-electron chi connectivity index (χ0n) is 11.4. The molecule has 1 saturated heterocycles. The van der Waals surface area contributed by atoms with Gasteiger partial charge in [0.25, 0.3) is 0 Å². The van der Waals surface area contributed by atoms with Crippen molar-refractivity contribution < 1.29 is 9.53 Å². The van der Waals surface area contributed by atoms with Crippen LogP contribution >= 0.6 is 0 Å². The molecule has 0 bridgehead atoms. The fourth-order valence-electron chi connectivity index (χ4n) is 3.04. The lowest BCUT2D eigenvalue weighted by atomic mass is 10.0. The molecule has 0 radical (unpaired) electrons. The van der Waals surface area contributed by atoms with E-state index in [-0.39, 0.29) is 18.1 Å². The second-order valence-corrected chi connectivity index (χ2v) is 5.87. The van der Waals surface area contributed by atoms with Crippen LogP contribution in [0.5, 0.6) is 0 Å². The van der Waals surface area contributed by atoms with Crippen LogP contribution in [0, 0.1) is 0 Å². The Morgan fingerprint density at radius 3 is 3.20 bits per heavy atom. The summed E-state index contributed by atoms with van der Waals surface area (Å²) in [6.07, 6.45) is 5.18. The Morgan fingerprint density at radius 2 is 2.35 bits per heavy atom. The van der Waals surface area contributed by atoms with Gasteiger partial charge in [-0.3, -0.25) is 4.79 Å². The number of ether oxygens (including phenoxy) is 1. The summed E-state index contributed by atoms with van der Waals surface area (Å²) >= 11 is 0. The second-order valence-electron chi connectivity index (χ2n) is 5.87. The molecular weight excluding hydrogens is 258 g/mol. The van der Waals surface area contributed by atoms with Crippen LogP contribution in [0.25, 0.3) is 0 Å². The van der Waals surface area contributed by atoms with Crippen molar-refractivity contribution in [3.8, 4) is 0 Å². The van der Waals surface area contributed by atoms with E-state index in [2.05, 4.69) is 15.6 Å². The third-order valence-corrected chi connectivity index (χ3v) is 4.40. The van der Waals surface area contributed by atoms with Crippen LogP contribution in [0.15, 0.2) is 6.20 Å². The number of hydrogen-bond donors (Lipinski definition) is 1. The van der Waals surface area contributed by atoms with E-state index in [4.69, 9.17) is 4.74 Å². The quantitative estimate of drug-likeness (QED) is 0.821. The van der Waals surface area contributed by atoms with E-state index < -0.39 is 0 Å². The van der Waals surface area contributed by atoms with E-state index in [1.54, 1.807) is 6.20 Å². The van der Waals surface area contributed by atoms with E-state index in [0.717, 1.165) is 18.7 Å². The van der Waals surface area contributed by atoms with E-state index in [9.17, 15) is 4.79 Å². The van der Waals surface area contributed by atoms with Gasteiger partial charge in [-0.25, -0.2) is 4.68 Å². The van der Waals surface area contributed by atoms with Crippen molar-refractivity contribution in [1.29, 1.82) is 0 Å². The van der Waals surface area contributed by atoms with Crippen LogP contribution in [-0.2, 0) is 16.1 Å². The van der Waals surface area contributed by atoms with Gasteiger partial charge < -0.3 is 15.0 Å². The molecule has 1 aliphatic carbocycles. The highest BCUT2D eigenvalue weighted by atomic mass is 16.5. The Labute approximate surface area is 117 Å². The molecule has 0 spiro atoms. The van der Waals surface area contributed by atoms with Crippen molar-refractivity contribution in [2.24, 2.45) is 0 Å². The molecule has 1 aromatic heterocycles. The fraction of sp³-hybridized carbons (Fsp3) is 0.769. The van der Waals surface area contributed by atoms with Crippen LogP contribution in [0.4, 0.5) is 0 Å². The predicted molar refractivity (Wildman–Crippen MR) is 69.9 cm³/mol. The highest BCUT2D eigenvalue weighted by molar-refractivity contribution is 5.78. The number of amides is 1. The van der Waals surface area contributed by atoms with Crippen molar-refractivity contribution in [2.75, 3.05) is 19.6 Å². The Hall–Kier alpha value is -1.47. The highest BCUT2D eigenvalue weighted by Gasteiger charge is 2.37. The number of carbonyl (C=O) groups excluding carboxylic acids is 1. The molecule has 1 amide bonds. The number of rotatable bonds is 3. The fourth-order valence-corrected chi connectivity index (χ4v) is 3.04. The van der Waals surface area contributed by atoms with Crippen LogP contribution in [0.3, 0.4) is 0 Å². The monoisotopic (exact) mass is 277 g/mol. The molecule has 1 aromatic rings. The smallest absolute Gasteiger partial charge is 0.236 e. The first-order chi connectivity index (χ1) is 9.81. The molecule has 2 fully saturated rings. The van der Waals surface area contributed by atoms with E-state index in [1.807, 2.05) is 9.58 Å².